The minimum Gasteiger partial charge on any atom is -0.369 e. The van der Waals surface area contributed by atoms with Gasteiger partial charge in [-0.2, -0.15) is 0 Å². The standard InChI is InChI=1S/C25H29N3O3/c26-24(30)20-12-7-13-28(15-20)25(31)22-17-27(14-18-8-3-1-4-9-18)16-21(22)23(29)19-10-5-2-6-11-19/h1-6,8-11,20-22H,7,12-17H2,(H2,26,30)/t20-,21+,22+/m1/s1. The fourth-order valence-electron chi connectivity index (χ4n) is 4.83. The van der Waals surface area contributed by atoms with E-state index < -0.39 is 11.8 Å². The van der Waals surface area contributed by atoms with Crippen molar-refractivity contribution >= 4 is 17.6 Å². The Labute approximate surface area is 183 Å². The van der Waals surface area contributed by atoms with Gasteiger partial charge in [0.25, 0.3) is 0 Å². The second kappa shape index (κ2) is 9.43. The SMILES string of the molecule is NC(=O)[C@@H]1CCCN(C(=O)[C@H]2CN(Cc3ccccc3)C[C@@H]2C(=O)c2ccccc2)C1. The molecule has 0 radical (unpaired) electrons. The molecule has 2 aromatic carbocycles. The summed E-state index contributed by atoms with van der Waals surface area (Å²) in [5, 5.41) is 0. The Morgan fingerprint density at radius 3 is 2.19 bits per heavy atom. The highest BCUT2D eigenvalue weighted by Gasteiger charge is 2.44. The minimum absolute atomic E-state index is 0.0120. The molecule has 0 saturated carbocycles. The van der Waals surface area contributed by atoms with Crippen LogP contribution in [0.15, 0.2) is 60.7 Å². The summed E-state index contributed by atoms with van der Waals surface area (Å²) in [6.45, 7) is 2.76. The molecule has 2 amide bonds. The zero-order chi connectivity index (χ0) is 21.8. The summed E-state index contributed by atoms with van der Waals surface area (Å²) >= 11 is 0. The number of Topliss-reactive ketones (excluding diaryl/α,β-unsaturated/α-hetero) is 1. The summed E-state index contributed by atoms with van der Waals surface area (Å²) in [4.78, 5) is 42.5. The molecule has 4 rings (SSSR count). The minimum atomic E-state index is -0.414. The van der Waals surface area contributed by atoms with Crippen LogP contribution in [0.4, 0.5) is 0 Å². The predicted octanol–water partition coefficient (Wildman–Crippen LogP) is 2.34. The van der Waals surface area contributed by atoms with Gasteiger partial charge in [-0.3, -0.25) is 19.3 Å². The van der Waals surface area contributed by atoms with Gasteiger partial charge in [-0.05, 0) is 18.4 Å². The molecule has 0 bridgehead atoms. The highest BCUT2D eigenvalue weighted by Crippen LogP contribution is 2.31. The molecule has 31 heavy (non-hydrogen) atoms. The zero-order valence-electron chi connectivity index (χ0n) is 17.7. The van der Waals surface area contributed by atoms with Crippen LogP contribution in [0.25, 0.3) is 0 Å². The van der Waals surface area contributed by atoms with Crippen molar-refractivity contribution in [2.45, 2.75) is 19.4 Å². The number of piperidine rings is 1. The lowest BCUT2D eigenvalue weighted by molar-refractivity contribution is -0.139. The number of hydrogen-bond acceptors (Lipinski definition) is 4. The Morgan fingerprint density at radius 1 is 0.871 bits per heavy atom. The van der Waals surface area contributed by atoms with E-state index in [9.17, 15) is 14.4 Å². The number of carbonyl (C=O) groups is 3. The number of likely N-dealkylation sites (tertiary alicyclic amines) is 2. The van der Waals surface area contributed by atoms with Crippen molar-refractivity contribution in [3.63, 3.8) is 0 Å². The number of nitrogens with zero attached hydrogens (tertiary/aromatic N) is 2. The molecule has 0 spiro atoms. The number of hydrogen-bond donors (Lipinski definition) is 1. The Balaban J connectivity index is 1.55. The van der Waals surface area contributed by atoms with Crippen LogP contribution in [0.1, 0.15) is 28.8 Å². The molecule has 2 aromatic rings. The van der Waals surface area contributed by atoms with E-state index in [-0.39, 0.29) is 23.5 Å². The molecule has 162 valence electrons. The van der Waals surface area contributed by atoms with Gasteiger partial charge in [-0.15, -0.1) is 0 Å². The number of ketones is 1. The third-order valence-corrected chi connectivity index (χ3v) is 6.49. The molecule has 0 aromatic heterocycles. The van der Waals surface area contributed by atoms with Crippen molar-refractivity contribution in [3.8, 4) is 0 Å². The maximum Gasteiger partial charge on any atom is 0.227 e. The molecule has 2 saturated heterocycles. The number of amides is 2. The first-order valence-electron chi connectivity index (χ1n) is 11.0. The molecule has 6 heteroatoms. The van der Waals surface area contributed by atoms with Crippen LogP contribution in [0, 0.1) is 17.8 Å². The highest BCUT2D eigenvalue weighted by molar-refractivity contribution is 6.01. The summed E-state index contributed by atoms with van der Waals surface area (Å²) in [7, 11) is 0. The van der Waals surface area contributed by atoms with Crippen molar-refractivity contribution in [2.75, 3.05) is 26.2 Å². The summed E-state index contributed by atoms with van der Waals surface area (Å²) in [6.07, 6.45) is 1.48. The molecule has 2 N–H and O–H groups in total. The average molecular weight is 420 g/mol. The second-order valence-corrected chi connectivity index (χ2v) is 8.65. The molecular weight excluding hydrogens is 390 g/mol. The van der Waals surface area contributed by atoms with Crippen LogP contribution in [0.5, 0.6) is 0 Å². The van der Waals surface area contributed by atoms with Crippen LogP contribution in [-0.4, -0.2) is 53.6 Å². The van der Waals surface area contributed by atoms with Gasteiger partial charge in [0.15, 0.2) is 5.78 Å². The van der Waals surface area contributed by atoms with Crippen LogP contribution in [0.2, 0.25) is 0 Å². The summed E-state index contributed by atoms with van der Waals surface area (Å²) < 4.78 is 0. The van der Waals surface area contributed by atoms with E-state index in [2.05, 4.69) is 17.0 Å². The van der Waals surface area contributed by atoms with E-state index >= 15 is 0 Å². The van der Waals surface area contributed by atoms with E-state index in [4.69, 9.17) is 5.73 Å². The van der Waals surface area contributed by atoms with Gasteiger partial charge in [0.2, 0.25) is 11.8 Å². The third kappa shape index (κ3) is 4.85. The van der Waals surface area contributed by atoms with E-state index in [1.54, 1.807) is 4.90 Å². The van der Waals surface area contributed by atoms with Crippen molar-refractivity contribution in [2.24, 2.45) is 23.5 Å². The third-order valence-electron chi connectivity index (χ3n) is 6.49. The number of nitrogens with two attached hydrogens (primary N) is 1. The molecule has 0 unspecified atom stereocenters. The quantitative estimate of drug-likeness (QED) is 0.729. The summed E-state index contributed by atoms with van der Waals surface area (Å²) in [5.74, 6) is -1.49. The largest absolute Gasteiger partial charge is 0.369 e. The van der Waals surface area contributed by atoms with Crippen LogP contribution in [-0.2, 0) is 16.1 Å². The first-order chi connectivity index (χ1) is 15.0. The lowest BCUT2D eigenvalue weighted by Gasteiger charge is -2.34. The van der Waals surface area contributed by atoms with E-state index in [0.29, 0.717) is 38.3 Å². The smallest absolute Gasteiger partial charge is 0.227 e. The van der Waals surface area contributed by atoms with E-state index in [1.807, 2.05) is 48.5 Å². The van der Waals surface area contributed by atoms with Crippen LogP contribution < -0.4 is 5.73 Å². The summed E-state index contributed by atoms with van der Waals surface area (Å²) in [6, 6.07) is 19.3. The first-order valence-corrected chi connectivity index (χ1v) is 11.0. The molecule has 2 aliphatic rings. The predicted molar refractivity (Wildman–Crippen MR) is 118 cm³/mol. The van der Waals surface area contributed by atoms with Gasteiger partial charge in [-0.1, -0.05) is 60.7 Å². The Morgan fingerprint density at radius 2 is 1.52 bits per heavy atom. The maximum absolute atomic E-state index is 13.5. The molecule has 3 atom stereocenters. The lowest BCUT2D eigenvalue weighted by Crippen LogP contribution is -2.48. The number of primary amides is 1. The van der Waals surface area contributed by atoms with Crippen LogP contribution in [0.3, 0.4) is 0 Å². The zero-order valence-corrected chi connectivity index (χ0v) is 17.7. The lowest BCUT2D eigenvalue weighted by atomic mass is 9.86. The monoisotopic (exact) mass is 419 g/mol. The first kappa shape index (κ1) is 21.2. The Hall–Kier alpha value is -2.99. The highest BCUT2D eigenvalue weighted by atomic mass is 16.2. The number of rotatable bonds is 6. The Kier molecular flexibility index (Phi) is 6.47. The van der Waals surface area contributed by atoms with E-state index in [1.165, 1.54) is 0 Å². The van der Waals surface area contributed by atoms with Gasteiger partial charge in [0.05, 0.1) is 11.8 Å². The topological polar surface area (TPSA) is 83.7 Å². The van der Waals surface area contributed by atoms with Gasteiger partial charge < -0.3 is 10.6 Å². The fourth-order valence-corrected chi connectivity index (χ4v) is 4.83. The normalized spacial score (nSPS) is 24.1. The maximum atomic E-state index is 13.5. The second-order valence-electron chi connectivity index (χ2n) is 8.65. The van der Waals surface area contributed by atoms with E-state index in [0.717, 1.165) is 18.4 Å². The number of carbonyl (C=O) groups excluding carboxylic acids is 3. The molecule has 0 aliphatic carbocycles. The van der Waals surface area contributed by atoms with Gasteiger partial charge in [0.1, 0.15) is 0 Å². The molecule has 6 nitrogen and oxygen atoms in total. The molecule has 2 fully saturated rings. The van der Waals surface area contributed by atoms with Crippen molar-refractivity contribution in [3.05, 3.63) is 71.8 Å². The van der Waals surface area contributed by atoms with Crippen molar-refractivity contribution in [1.82, 2.24) is 9.80 Å². The average Bonchev–Trinajstić information content (AvgIpc) is 3.23. The van der Waals surface area contributed by atoms with Gasteiger partial charge in [-0.25, -0.2) is 0 Å². The molecular formula is C25H29N3O3. The van der Waals surface area contributed by atoms with Crippen LogP contribution >= 0.6 is 0 Å². The Bertz CT molecular complexity index is 932. The van der Waals surface area contributed by atoms with Gasteiger partial charge in [0, 0.05) is 44.2 Å². The van der Waals surface area contributed by atoms with Crippen molar-refractivity contribution < 1.29 is 14.4 Å². The number of benzene rings is 2. The van der Waals surface area contributed by atoms with Crippen molar-refractivity contribution in [1.29, 1.82) is 0 Å². The summed E-state index contributed by atoms with van der Waals surface area (Å²) in [5.41, 5.74) is 7.30. The fraction of sp³-hybridized carbons (Fsp3) is 0.400. The molecule has 2 aliphatic heterocycles. The molecule has 2 heterocycles. The van der Waals surface area contributed by atoms with Gasteiger partial charge >= 0.3 is 0 Å².